The van der Waals surface area contributed by atoms with Gasteiger partial charge in [-0.05, 0) is 30.7 Å². The van der Waals surface area contributed by atoms with E-state index in [1.165, 1.54) is 19.2 Å². The second kappa shape index (κ2) is 3.63. The van der Waals surface area contributed by atoms with E-state index in [0.29, 0.717) is 5.69 Å². The molecule has 0 saturated heterocycles. The van der Waals surface area contributed by atoms with Crippen LogP contribution in [0.4, 0.5) is 4.39 Å². The minimum atomic E-state index is -0.406. The van der Waals surface area contributed by atoms with Crippen molar-refractivity contribution in [2.24, 2.45) is 7.05 Å². The highest BCUT2D eigenvalue weighted by Crippen LogP contribution is 2.25. The van der Waals surface area contributed by atoms with Gasteiger partial charge >= 0.3 is 5.97 Å². The molecule has 0 atom stereocenters. The van der Waals surface area contributed by atoms with Gasteiger partial charge in [0, 0.05) is 18.0 Å². The van der Waals surface area contributed by atoms with E-state index in [1.54, 1.807) is 24.6 Å². The van der Waals surface area contributed by atoms with Crippen LogP contribution in [-0.2, 0) is 11.8 Å². The van der Waals surface area contributed by atoms with Crippen molar-refractivity contribution >= 4 is 16.9 Å². The first-order chi connectivity index (χ1) is 7.56. The van der Waals surface area contributed by atoms with Crippen molar-refractivity contribution < 1.29 is 13.9 Å². The second-order valence-corrected chi connectivity index (χ2v) is 3.69. The summed E-state index contributed by atoms with van der Waals surface area (Å²) in [5.74, 6) is -0.714. The van der Waals surface area contributed by atoms with Gasteiger partial charge in [0.25, 0.3) is 0 Å². The van der Waals surface area contributed by atoms with Crippen LogP contribution >= 0.6 is 0 Å². The zero-order valence-corrected chi connectivity index (χ0v) is 9.37. The summed E-state index contributed by atoms with van der Waals surface area (Å²) < 4.78 is 19.5. The Bertz CT molecular complexity index is 572. The molecule has 1 aromatic carbocycles. The molecule has 1 aromatic heterocycles. The largest absolute Gasteiger partial charge is 0.464 e. The number of fused-ring (bicyclic) bond motifs is 1. The Hall–Kier alpha value is -1.84. The molecule has 16 heavy (non-hydrogen) atoms. The van der Waals surface area contributed by atoms with E-state index in [4.69, 9.17) is 4.74 Å². The smallest absolute Gasteiger partial charge is 0.354 e. The highest BCUT2D eigenvalue weighted by atomic mass is 19.1. The molecular weight excluding hydrogens is 209 g/mol. The molecule has 0 N–H and O–H groups in total. The van der Waals surface area contributed by atoms with Crippen LogP contribution in [0.5, 0.6) is 0 Å². The molecule has 0 bridgehead atoms. The summed E-state index contributed by atoms with van der Waals surface area (Å²) in [5, 5.41) is 0.739. The van der Waals surface area contributed by atoms with Gasteiger partial charge in [0.15, 0.2) is 0 Å². The molecule has 0 unspecified atom stereocenters. The molecule has 0 aliphatic rings. The van der Waals surface area contributed by atoms with Crippen molar-refractivity contribution in [2.45, 2.75) is 6.92 Å². The summed E-state index contributed by atoms with van der Waals surface area (Å²) in [4.78, 5) is 11.6. The summed E-state index contributed by atoms with van der Waals surface area (Å²) in [6.45, 7) is 1.79. The number of esters is 1. The predicted octanol–water partition coefficient (Wildman–Crippen LogP) is 2.41. The standard InChI is InChI=1S/C12H12FNO2/c1-7-9-6-8(13)4-5-10(9)14(2)11(7)12(15)16-3/h4-6H,1-3H3. The molecule has 0 aliphatic carbocycles. The van der Waals surface area contributed by atoms with E-state index in [9.17, 15) is 9.18 Å². The third-order valence-corrected chi connectivity index (χ3v) is 2.79. The lowest BCUT2D eigenvalue weighted by molar-refractivity contribution is 0.0589. The molecule has 0 spiro atoms. The Morgan fingerprint density at radius 3 is 2.75 bits per heavy atom. The number of benzene rings is 1. The van der Waals surface area contributed by atoms with Crippen molar-refractivity contribution in [3.05, 3.63) is 35.3 Å². The van der Waals surface area contributed by atoms with E-state index < -0.39 is 5.97 Å². The first-order valence-corrected chi connectivity index (χ1v) is 4.89. The van der Waals surface area contributed by atoms with Crippen LogP contribution in [0.15, 0.2) is 18.2 Å². The maximum absolute atomic E-state index is 13.1. The summed E-state index contributed by atoms with van der Waals surface area (Å²) >= 11 is 0. The molecule has 0 radical (unpaired) electrons. The van der Waals surface area contributed by atoms with Crippen LogP contribution < -0.4 is 0 Å². The lowest BCUT2D eigenvalue weighted by Crippen LogP contribution is -2.08. The molecule has 0 amide bonds. The first-order valence-electron chi connectivity index (χ1n) is 4.89. The SMILES string of the molecule is COC(=O)c1c(C)c2cc(F)ccc2n1C. The number of nitrogens with zero attached hydrogens (tertiary/aromatic N) is 1. The lowest BCUT2D eigenvalue weighted by Gasteiger charge is -2.02. The van der Waals surface area contributed by atoms with Crippen LogP contribution in [0, 0.1) is 12.7 Å². The van der Waals surface area contributed by atoms with Gasteiger partial charge in [0.2, 0.25) is 0 Å². The van der Waals surface area contributed by atoms with E-state index in [0.717, 1.165) is 16.5 Å². The first kappa shape index (κ1) is 10.7. The van der Waals surface area contributed by atoms with E-state index in [-0.39, 0.29) is 5.82 Å². The number of rotatable bonds is 1. The molecule has 84 valence electrons. The van der Waals surface area contributed by atoms with Crippen molar-refractivity contribution in [3.8, 4) is 0 Å². The number of ether oxygens (including phenoxy) is 1. The summed E-state index contributed by atoms with van der Waals surface area (Å²) in [5.41, 5.74) is 2.02. The highest BCUT2D eigenvalue weighted by molar-refractivity contribution is 5.98. The van der Waals surface area contributed by atoms with Gasteiger partial charge in [-0.1, -0.05) is 0 Å². The Morgan fingerprint density at radius 2 is 2.12 bits per heavy atom. The Balaban J connectivity index is 2.81. The number of aromatic nitrogens is 1. The Kier molecular flexibility index (Phi) is 2.42. The quantitative estimate of drug-likeness (QED) is 0.692. The van der Waals surface area contributed by atoms with Crippen LogP contribution in [0.2, 0.25) is 0 Å². The van der Waals surface area contributed by atoms with Gasteiger partial charge in [-0.3, -0.25) is 0 Å². The normalized spacial score (nSPS) is 10.8. The maximum Gasteiger partial charge on any atom is 0.354 e. The number of aryl methyl sites for hydroxylation is 2. The molecule has 3 nitrogen and oxygen atoms in total. The number of carbonyl (C=O) groups is 1. The zero-order chi connectivity index (χ0) is 11.9. The Morgan fingerprint density at radius 1 is 1.44 bits per heavy atom. The van der Waals surface area contributed by atoms with Gasteiger partial charge in [0.05, 0.1) is 7.11 Å². The summed E-state index contributed by atoms with van der Waals surface area (Å²) in [7, 11) is 3.10. The van der Waals surface area contributed by atoms with E-state index in [1.807, 2.05) is 0 Å². The van der Waals surface area contributed by atoms with Crippen molar-refractivity contribution in [2.75, 3.05) is 7.11 Å². The topological polar surface area (TPSA) is 31.2 Å². The molecule has 0 fully saturated rings. The molecule has 1 heterocycles. The number of hydrogen-bond donors (Lipinski definition) is 0. The molecule has 2 rings (SSSR count). The van der Waals surface area contributed by atoms with E-state index in [2.05, 4.69) is 0 Å². The van der Waals surface area contributed by atoms with Gasteiger partial charge in [0.1, 0.15) is 11.5 Å². The third-order valence-electron chi connectivity index (χ3n) is 2.79. The Labute approximate surface area is 92.4 Å². The average molecular weight is 221 g/mol. The minimum Gasteiger partial charge on any atom is -0.464 e. The fraction of sp³-hybridized carbons (Fsp3) is 0.250. The van der Waals surface area contributed by atoms with Crippen LogP contribution in [-0.4, -0.2) is 17.6 Å². The highest BCUT2D eigenvalue weighted by Gasteiger charge is 2.18. The molecule has 0 aliphatic heterocycles. The number of hydrogen-bond acceptors (Lipinski definition) is 2. The summed E-state index contributed by atoms with van der Waals surface area (Å²) in [6, 6.07) is 4.46. The van der Waals surface area contributed by atoms with Crippen molar-refractivity contribution in [1.29, 1.82) is 0 Å². The van der Waals surface area contributed by atoms with Crippen LogP contribution in [0.25, 0.3) is 10.9 Å². The van der Waals surface area contributed by atoms with Crippen LogP contribution in [0.1, 0.15) is 16.1 Å². The lowest BCUT2D eigenvalue weighted by atomic mass is 10.1. The van der Waals surface area contributed by atoms with Crippen molar-refractivity contribution in [3.63, 3.8) is 0 Å². The van der Waals surface area contributed by atoms with Gasteiger partial charge in [-0.15, -0.1) is 0 Å². The van der Waals surface area contributed by atoms with Crippen LogP contribution in [0.3, 0.4) is 0 Å². The number of halogens is 1. The maximum atomic E-state index is 13.1. The summed E-state index contributed by atoms with van der Waals surface area (Å²) in [6.07, 6.45) is 0. The second-order valence-electron chi connectivity index (χ2n) is 3.69. The number of carbonyl (C=O) groups excluding carboxylic acids is 1. The third kappa shape index (κ3) is 1.38. The minimum absolute atomic E-state index is 0.308. The van der Waals surface area contributed by atoms with Gasteiger partial charge < -0.3 is 9.30 Å². The van der Waals surface area contributed by atoms with Gasteiger partial charge in [-0.2, -0.15) is 0 Å². The molecule has 2 aromatic rings. The van der Waals surface area contributed by atoms with Crippen molar-refractivity contribution in [1.82, 2.24) is 4.57 Å². The van der Waals surface area contributed by atoms with Gasteiger partial charge in [-0.25, -0.2) is 9.18 Å². The molecular formula is C12H12FNO2. The molecule has 4 heteroatoms. The monoisotopic (exact) mass is 221 g/mol. The fourth-order valence-electron chi connectivity index (χ4n) is 1.99. The van der Waals surface area contributed by atoms with E-state index >= 15 is 0 Å². The fourth-order valence-corrected chi connectivity index (χ4v) is 1.99. The number of methoxy groups -OCH3 is 1. The average Bonchev–Trinajstić information content (AvgIpc) is 2.51. The predicted molar refractivity (Wildman–Crippen MR) is 59.0 cm³/mol. The molecule has 0 saturated carbocycles. The zero-order valence-electron chi connectivity index (χ0n) is 9.37.